The zero-order valence-corrected chi connectivity index (χ0v) is 17.3. The van der Waals surface area contributed by atoms with Gasteiger partial charge in [-0.2, -0.15) is 5.10 Å². The Labute approximate surface area is 176 Å². The maximum absolute atomic E-state index is 12.6. The van der Waals surface area contributed by atoms with Gasteiger partial charge in [0.1, 0.15) is 0 Å². The van der Waals surface area contributed by atoms with Crippen molar-refractivity contribution in [1.29, 1.82) is 0 Å². The number of piperidine rings is 1. The SMILES string of the molecule is Cc1ccnn1-c1ccc(C(=O)NC2CCN(Cc3ccc(Cl)cc3)CC2)cc1. The summed E-state index contributed by atoms with van der Waals surface area (Å²) in [5.41, 5.74) is 3.97. The summed E-state index contributed by atoms with van der Waals surface area (Å²) in [5, 5.41) is 8.25. The van der Waals surface area contributed by atoms with E-state index in [2.05, 4.69) is 27.4 Å². The van der Waals surface area contributed by atoms with Crippen molar-refractivity contribution >= 4 is 17.5 Å². The van der Waals surface area contributed by atoms with Crippen molar-refractivity contribution in [3.05, 3.63) is 82.6 Å². The lowest BCUT2D eigenvalue weighted by molar-refractivity contribution is 0.0909. The summed E-state index contributed by atoms with van der Waals surface area (Å²) in [6, 6.07) is 17.8. The number of nitrogens with one attached hydrogen (secondary N) is 1. The first-order chi connectivity index (χ1) is 14.1. The van der Waals surface area contributed by atoms with Gasteiger partial charge in [0.25, 0.3) is 5.91 Å². The van der Waals surface area contributed by atoms with Crippen LogP contribution in [-0.2, 0) is 6.54 Å². The van der Waals surface area contributed by atoms with Gasteiger partial charge in [0.05, 0.1) is 5.69 Å². The number of carbonyl (C=O) groups is 1. The first-order valence-electron chi connectivity index (χ1n) is 9.97. The molecule has 29 heavy (non-hydrogen) atoms. The molecule has 2 aromatic carbocycles. The zero-order chi connectivity index (χ0) is 20.2. The molecule has 0 unspecified atom stereocenters. The lowest BCUT2D eigenvalue weighted by Crippen LogP contribution is -2.44. The maximum atomic E-state index is 12.6. The van der Waals surface area contributed by atoms with E-state index in [4.69, 9.17) is 11.6 Å². The second-order valence-electron chi connectivity index (χ2n) is 7.58. The molecular formula is C23H25ClN4O. The van der Waals surface area contributed by atoms with Gasteiger partial charge in [0.2, 0.25) is 0 Å². The van der Waals surface area contributed by atoms with Gasteiger partial charge in [0.15, 0.2) is 0 Å². The summed E-state index contributed by atoms with van der Waals surface area (Å²) in [5.74, 6) is -0.00936. The monoisotopic (exact) mass is 408 g/mol. The molecule has 3 aromatic rings. The third-order valence-corrected chi connectivity index (χ3v) is 5.70. The molecule has 1 saturated heterocycles. The quantitative estimate of drug-likeness (QED) is 0.687. The van der Waals surface area contributed by atoms with Gasteiger partial charge in [0, 0.05) is 48.2 Å². The second kappa shape index (κ2) is 8.80. The van der Waals surface area contributed by atoms with E-state index in [1.54, 1.807) is 6.20 Å². The third-order valence-electron chi connectivity index (χ3n) is 5.45. The van der Waals surface area contributed by atoms with Crippen LogP contribution in [-0.4, -0.2) is 39.7 Å². The molecule has 0 aliphatic carbocycles. The normalized spacial score (nSPS) is 15.4. The predicted octanol–water partition coefficient (Wildman–Crippen LogP) is 4.23. The number of hydrogen-bond donors (Lipinski definition) is 1. The van der Waals surface area contributed by atoms with E-state index in [1.165, 1.54) is 5.56 Å². The maximum Gasteiger partial charge on any atom is 0.251 e. The van der Waals surface area contributed by atoms with E-state index >= 15 is 0 Å². The molecule has 1 amide bonds. The summed E-state index contributed by atoms with van der Waals surface area (Å²) in [6.07, 6.45) is 3.70. The van der Waals surface area contributed by atoms with E-state index < -0.39 is 0 Å². The first-order valence-corrected chi connectivity index (χ1v) is 10.3. The number of aromatic nitrogens is 2. The summed E-state index contributed by atoms with van der Waals surface area (Å²) < 4.78 is 1.86. The summed E-state index contributed by atoms with van der Waals surface area (Å²) in [7, 11) is 0. The molecule has 0 spiro atoms. The van der Waals surface area contributed by atoms with Crippen LogP contribution in [0.4, 0.5) is 0 Å². The van der Waals surface area contributed by atoms with Crippen molar-refractivity contribution in [3.63, 3.8) is 0 Å². The number of rotatable bonds is 5. The Kier molecular flexibility index (Phi) is 5.97. The molecule has 4 rings (SSSR count). The fraction of sp³-hybridized carbons (Fsp3) is 0.304. The molecule has 0 radical (unpaired) electrons. The van der Waals surface area contributed by atoms with Crippen LogP contribution in [0.2, 0.25) is 5.02 Å². The van der Waals surface area contributed by atoms with Crippen LogP contribution >= 0.6 is 11.6 Å². The van der Waals surface area contributed by atoms with E-state index in [-0.39, 0.29) is 11.9 Å². The van der Waals surface area contributed by atoms with E-state index in [1.807, 2.05) is 54.1 Å². The smallest absolute Gasteiger partial charge is 0.251 e. The molecule has 0 bridgehead atoms. The van der Waals surface area contributed by atoms with Crippen LogP contribution < -0.4 is 5.32 Å². The Bertz CT molecular complexity index is 957. The highest BCUT2D eigenvalue weighted by molar-refractivity contribution is 6.30. The number of amides is 1. The number of aryl methyl sites for hydroxylation is 1. The summed E-state index contributed by atoms with van der Waals surface area (Å²) in [6.45, 7) is 4.88. The van der Waals surface area contributed by atoms with Crippen LogP contribution in [0.1, 0.15) is 34.5 Å². The van der Waals surface area contributed by atoms with Gasteiger partial charge in [-0.3, -0.25) is 9.69 Å². The van der Waals surface area contributed by atoms with Gasteiger partial charge in [-0.1, -0.05) is 23.7 Å². The van der Waals surface area contributed by atoms with Gasteiger partial charge >= 0.3 is 0 Å². The van der Waals surface area contributed by atoms with Crippen LogP contribution in [0.15, 0.2) is 60.8 Å². The molecule has 0 saturated carbocycles. The highest BCUT2D eigenvalue weighted by Crippen LogP contribution is 2.17. The molecule has 150 valence electrons. The number of halogens is 1. The van der Waals surface area contributed by atoms with Crippen LogP contribution in [0.25, 0.3) is 5.69 Å². The van der Waals surface area contributed by atoms with E-state index in [0.29, 0.717) is 5.56 Å². The van der Waals surface area contributed by atoms with Crippen LogP contribution in [0, 0.1) is 6.92 Å². The van der Waals surface area contributed by atoms with Crippen molar-refractivity contribution in [2.75, 3.05) is 13.1 Å². The molecule has 1 N–H and O–H groups in total. The average molecular weight is 409 g/mol. The Balaban J connectivity index is 1.28. The summed E-state index contributed by atoms with van der Waals surface area (Å²) in [4.78, 5) is 15.0. The highest BCUT2D eigenvalue weighted by Gasteiger charge is 2.21. The zero-order valence-electron chi connectivity index (χ0n) is 16.5. The molecule has 2 heterocycles. The van der Waals surface area contributed by atoms with Gasteiger partial charge in [-0.15, -0.1) is 0 Å². The fourth-order valence-corrected chi connectivity index (χ4v) is 3.87. The van der Waals surface area contributed by atoms with E-state index in [0.717, 1.165) is 48.9 Å². The first kappa shape index (κ1) is 19.7. The van der Waals surface area contributed by atoms with Crippen LogP contribution in [0.3, 0.4) is 0 Å². The van der Waals surface area contributed by atoms with Gasteiger partial charge in [-0.25, -0.2) is 4.68 Å². The highest BCUT2D eigenvalue weighted by atomic mass is 35.5. The van der Waals surface area contributed by atoms with Crippen molar-refractivity contribution in [2.45, 2.75) is 32.4 Å². The Morgan fingerprint density at radius 2 is 1.76 bits per heavy atom. The number of nitrogens with zero attached hydrogens (tertiary/aromatic N) is 3. The third kappa shape index (κ3) is 4.86. The van der Waals surface area contributed by atoms with Crippen LogP contribution in [0.5, 0.6) is 0 Å². The summed E-state index contributed by atoms with van der Waals surface area (Å²) >= 11 is 5.96. The Morgan fingerprint density at radius 1 is 1.07 bits per heavy atom. The minimum atomic E-state index is -0.00936. The predicted molar refractivity (Wildman–Crippen MR) is 116 cm³/mol. The Morgan fingerprint density at radius 3 is 2.38 bits per heavy atom. The molecule has 6 heteroatoms. The molecule has 1 aromatic heterocycles. The molecule has 0 atom stereocenters. The number of likely N-dealkylation sites (tertiary alicyclic amines) is 1. The number of hydrogen-bond acceptors (Lipinski definition) is 3. The van der Waals surface area contributed by atoms with Crippen molar-refractivity contribution in [1.82, 2.24) is 20.0 Å². The number of carbonyl (C=O) groups excluding carboxylic acids is 1. The Hall–Kier alpha value is -2.63. The lowest BCUT2D eigenvalue weighted by atomic mass is 10.0. The molecule has 5 nitrogen and oxygen atoms in total. The minimum absolute atomic E-state index is 0.00936. The molecule has 1 fully saturated rings. The topological polar surface area (TPSA) is 50.2 Å². The van der Waals surface area contributed by atoms with Gasteiger partial charge < -0.3 is 5.32 Å². The van der Waals surface area contributed by atoms with Gasteiger partial charge in [-0.05, 0) is 67.8 Å². The van der Waals surface area contributed by atoms with Crippen molar-refractivity contribution in [2.24, 2.45) is 0 Å². The average Bonchev–Trinajstić information content (AvgIpc) is 3.17. The second-order valence-corrected chi connectivity index (χ2v) is 8.02. The molecule has 1 aliphatic heterocycles. The lowest BCUT2D eigenvalue weighted by Gasteiger charge is -2.32. The van der Waals surface area contributed by atoms with Crippen molar-refractivity contribution < 1.29 is 4.79 Å². The molecular weight excluding hydrogens is 384 g/mol. The van der Waals surface area contributed by atoms with E-state index in [9.17, 15) is 4.79 Å². The van der Waals surface area contributed by atoms with Crippen molar-refractivity contribution in [3.8, 4) is 5.69 Å². The largest absolute Gasteiger partial charge is 0.349 e. The number of benzene rings is 2. The minimum Gasteiger partial charge on any atom is -0.349 e. The fourth-order valence-electron chi connectivity index (χ4n) is 3.75. The standard InChI is InChI=1S/C23H25ClN4O/c1-17-10-13-25-28(17)22-8-4-19(5-9-22)23(29)26-21-11-14-27(15-12-21)16-18-2-6-20(24)7-3-18/h2-10,13,21H,11-12,14-16H2,1H3,(H,26,29). The molecule has 1 aliphatic rings.